The zero-order valence-corrected chi connectivity index (χ0v) is 18.4. The van der Waals surface area contributed by atoms with E-state index < -0.39 is 58.7 Å². The lowest BCUT2D eigenvalue weighted by molar-refractivity contribution is -0.440. The van der Waals surface area contributed by atoms with Gasteiger partial charge in [0, 0.05) is 6.42 Å². The molecule has 206 valence electrons. The van der Waals surface area contributed by atoms with Crippen LogP contribution in [-0.4, -0.2) is 57.1 Å². The van der Waals surface area contributed by atoms with E-state index in [4.69, 9.17) is 0 Å². The monoisotopic (exact) mass is 554 g/mol. The molecule has 0 fully saturated rings. The fourth-order valence-corrected chi connectivity index (χ4v) is 3.10. The SMILES string of the molecule is CS(=O)(=O)OCCCCCCCCCCC(F)(F)C(F)(F)C(F)(F)C(F)(F)C(F)(F)C(F)(F)F. The first-order valence-electron chi connectivity index (χ1n) is 9.76. The van der Waals surface area contributed by atoms with Gasteiger partial charge in [-0.2, -0.15) is 65.5 Å². The van der Waals surface area contributed by atoms with Crippen LogP contribution in [0, 0.1) is 0 Å². The number of unbranched alkanes of at least 4 members (excludes halogenated alkanes) is 7. The van der Waals surface area contributed by atoms with E-state index in [0.29, 0.717) is 32.1 Å². The molecule has 0 N–H and O–H groups in total. The predicted molar refractivity (Wildman–Crippen MR) is 93.1 cm³/mol. The Morgan fingerprint density at radius 3 is 1.26 bits per heavy atom. The molecule has 0 aliphatic carbocycles. The van der Waals surface area contributed by atoms with Gasteiger partial charge in [0.05, 0.1) is 12.9 Å². The number of hydrogen-bond acceptors (Lipinski definition) is 3. The molecule has 0 heterocycles. The van der Waals surface area contributed by atoms with Crippen molar-refractivity contribution < 1.29 is 69.7 Å². The average Bonchev–Trinajstić information content (AvgIpc) is 2.63. The van der Waals surface area contributed by atoms with Crippen molar-refractivity contribution in [3.8, 4) is 0 Å². The summed E-state index contributed by atoms with van der Waals surface area (Å²) in [5.74, 6) is -36.5. The van der Waals surface area contributed by atoms with Crippen molar-refractivity contribution >= 4 is 10.1 Å². The van der Waals surface area contributed by atoms with Crippen LogP contribution in [0.15, 0.2) is 0 Å². The molecule has 0 radical (unpaired) electrons. The molecule has 0 aliphatic rings. The van der Waals surface area contributed by atoms with Gasteiger partial charge in [-0.25, -0.2) is 0 Å². The Balaban J connectivity index is 4.73. The van der Waals surface area contributed by atoms with Gasteiger partial charge in [0.15, 0.2) is 0 Å². The van der Waals surface area contributed by atoms with Crippen molar-refractivity contribution in [2.45, 2.75) is 93.6 Å². The van der Waals surface area contributed by atoms with E-state index in [1.165, 1.54) is 0 Å². The molecular weight excluding hydrogens is 531 g/mol. The Morgan fingerprint density at radius 2 is 0.882 bits per heavy atom. The Kier molecular flexibility index (Phi) is 11.0. The van der Waals surface area contributed by atoms with E-state index in [2.05, 4.69) is 4.18 Å². The molecule has 0 saturated carbocycles. The predicted octanol–water partition coefficient (Wildman–Crippen LogP) is 7.21. The summed E-state index contributed by atoms with van der Waals surface area (Å²) in [6.07, 6.45) is -7.49. The maximum Gasteiger partial charge on any atom is 0.460 e. The highest BCUT2D eigenvalue weighted by molar-refractivity contribution is 7.85. The number of halogens is 13. The van der Waals surface area contributed by atoms with Gasteiger partial charge in [0.1, 0.15) is 0 Å². The largest absolute Gasteiger partial charge is 0.460 e. The summed E-state index contributed by atoms with van der Waals surface area (Å²) in [6, 6.07) is 0. The minimum atomic E-state index is -7.86. The van der Waals surface area contributed by atoms with Crippen molar-refractivity contribution in [3.05, 3.63) is 0 Å². The maximum absolute atomic E-state index is 13.6. The van der Waals surface area contributed by atoms with E-state index in [1.54, 1.807) is 0 Å². The second-order valence-corrected chi connectivity index (χ2v) is 9.25. The molecule has 3 nitrogen and oxygen atoms in total. The first kappa shape index (κ1) is 33.0. The Labute approximate surface area is 187 Å². The molecule has 0 aromatic carbocycles. The summed E-state index contributed by atoms with van der Waals surface area (Å²) in [4.78, 5) is 0. The summed E-state index contributed by atoms with van der Waals surface area (Å²) >= 11 is 0. The highest BCUT2D eigenvalue weighted by atomic mass is 32.2. The molecule has 0 unspecified atom stereocenters. The third-order valence-electron chi connectivity index (χ3n) is 4.68. The van der Waals surface area contributed by atoms with Gasteiger partial charge in [-0.05, 0) is 12.8 Å². The minimum Gasteiger partial charge on any atom is -0.270 e. The third-order valence-corrected chi connectivity index (χ3v) is 5.28. The Morgan fingerprint density at radius 1 is 0.529 bits per heavy atom. The Bertz CT molecular complexity index is 733. The number of hydrogen-bond donors (Lipinski definition) is 0. The summed E-state index contributed by atoms with van der Waals surface area (Å²) in [7, 11) is -3.58. The zero-order valence-electron chi connectivity index (χ0n) is 17.6. The van der Waals surface area contributed by atoms with Gasteiger partial charge in [-0.1, -0.05) is 38.5 Å². The molecule has 0 aliphatic heterocycles. The zero-order chi connectivity index (χ0) is 27.3. The maximum atomic E-state index is 13.6. The van der Waals surface area contributed by atoms with Crippen LogP contribution in [0.1, 0.15) is 57.8 Å². The fraction of sp³-hybridized carbons (Fsp3) is 1.00. The second kappa shape index (κ2) is 11.4. The molecule has 0 rings (SSSR count). The second-order valence-electron chi connectivity index (χ2n) is 7.60. The van der Waals surface area contributed by atoms with Crippen LogP contribution in [0.3, 0.4) is 0 Å². The van der Waals surface area contributed by atoms with Gasteiger partial charge in [0.2, 0.25) is 0 Å². The van der Waals surface area contributed by atoms with Gasteiger partial charge >= 0.3 is 35.8 Å². The van der Waals surface area contributed by atoms with Crippen LogP contribution in [0.2, 0.25) is 0 Å². The molecule has 34 heavy (non-hydrogen) atoms. The van der Waals surface area contributed by atoms with E-state index in [9.17, 15) is 65.5 Å². The van der Waals surface area contributed by atoms with E-state index in [-0.39, 0.29) is 19.4 Å². The van der Waals surface area contributed by atoms with E-state index in [0.717, 1.165) is 6.26 Å². The van der Waals surface area contributed by atoms with E-state index >= 15 is 0 Å². The smallest absolute Gasteiger partial charge is 0.270 e. The topological polar surface area (TPSA) is 43.4 Å². The summed E-state index contributed by atoms with van der Waals surface area (Å²) < 4.78 is 195. The fourth-order valence-electron chi connectivity index (χ4n) is 2.68. The van der Waals surface area contributed by atoms with Crippen molar-refractivity contribution in [3.63, 3.8) is 0 Å². The van der Waals surface area contributed by atoms with Crippen molar-refractivity contribution in [2.75, 3.05) is 12.9 Å². The third kappa shape index (κ3) is 7.75. The van der Waals surface area contributed by atoms with Crippen molar-refractivity contribution in [2.24, 2.45) is 0 Å². The first-order valence-corrected chi connectivity index (χ1v) is 11.6. The normalized spacial score (nSPS) is 15.1. The lowest BCUT2D eigenvalue weighted by Crippen LogP contribution is -2.70. The molecule has 17 heteroatoms. The molecule has 0 amide bonds. The Hall–Kier alpha value is -1.00. The van der Waals surface area contributed by atoms with Crippen LogP contribution in [0.25, 0.3) is 0 Å². The highest BCUT2D eigenvalue weighted by Crippen LogP contribution is 2.60. The average molecular weight is 554 g/mol. The van der Waals surface area contributed by atoms with Crippen LogP contribution in [-0.2, 0) is 14.3 Å². The van der Waals surface area contributed by atoms with Crippen LogP contribution < -0.4 is 0 Å². The van der Waals surface area contributed by atoms with Gasteiger partial charge in [-0.3, -0.25) is 4.18 Å². The minimum absolute atomic E-state index is 0.0549. The molecule has 0 aromatic rings. The van der Waals surface area contributed by atoms with Crippen LogP contribution in [0.5, 0.6) is 0 Å². The number of rotatable bonds is 16. The molecule has 0 saturated heterocycles. The van der Waals surface area contributed by atoms with Gasteiger partial charge in [-0.15, -0.1) is 0 Å². The molecular formula is C17H23F13O3S. The standard InChI is InChI=1S/C17H23F13O3S/c1-34(31,32)33-11-9-7-5-3-2-4-6-8-10-12(18,19)13(20,21)14(22,23)15(24,25)16(26,27)17(28,29)30/h2-11H2,1H3. The van der Waals surface area contributed by atoms with Crippen molar-refractivity contribution in [1.29, 1.82) is 0 Å². The summed E-state index contributed by atoms with van der Waals surface area (Å²) in [5, 5.41) is 0. The lowest BCUT2D eigenvalue weighted by atomic mass is 9.91. The van der Waals surface area contributed by atoms with Gasteiger partial charge in [0.25, 0.3) is 10.1 Å². The van der Waals surface area contributed by atoms with Crippen LogP contribution >= 0.6 is 0 Å². The lowest BCUT2D eigenvalue weighted by Gasteiger charge is -2.39. The van der Waals surface area contributed by atoms with Crippen LogP contribution in [0.4, 0.5) is 57.1 Å². The molecule has 0 atom stereocenters. The van der Waals surface area contributed by atoms with E-state index in [1.807, 2.05) is 0 Å². The summed E-state index contributed by atoms with van der Waals surface area (Å²) in [5.41, 5.74) is 0. The first-order chi connectivity index (χ1) is 15.0. The summed E-state index contributed by atoms with van der Waals surface area (Å²) in [6.45, 7) is -0.0549. The van der Waals surface area contributed by atoms with Crippen molar-refractivity contribution in [1.82, 2.24) is 0 Å². The number of alkyl halides is 13. The highest BCUT2D eigenvalue weighted by Gasteiger charge is 2.90. The molecule has 0 aromatic heterocycles. The van der Waals surface area contributed by atoms with Gasteiger partial charge < -0.3 is 0 Å². The molecule has 0 bridgehead atoms. The molecule has 0 spiro atoms. The quantitative estimate of drug-likeness (QED) is 0.115.